The predicted molar refractivity (Wildman–Crippen MR) is 81.0 cm³/mol. The van der Waals surface area contributed by atoms with Crippen molar-refractivity contribution in [3.63, 3.8) is 0 Å². The Morgan fingerprint density at radius 2 is 1.95 bits per heavy atom. The van der Waals surface area contributed by atoms with E-state index >= 15 is 0 Å². The largest absolute Gasteiger partial charge is 0.355 e. The molecule has 0 radical (unpaired) electrons. The van der Waals surface area contributed by atoms with Crippen LogP contribution in [0, 0.1) is 5.92 Å². The Balaban J connectivity index is 0.00000180. The molecule has 1 aliphatic rings. The number of carbonyl (C=O) groups is 1. The number of rotatable bonds is 7. The molecule has 1 aromatic rings. The maximum atomic E-state index is 11.5. The molecule has 19 heavy (non-hydrogen) atoms. The number of amides is 1. The molecule has 0 heterocycles. The van der Waals surface area contributed by atoms with Crippen LogP contribution >= 0.6 is 24.0 Å². The zero-order chi connectivity index (χ0) is 12.8. The number of hydrogen-bond acceptors (Lipinski definition) is 2. The summed E-state index contributed by atoms with van der Waals surface area (Å²) in [6, 6.07) is 7.71. The van der Waals surface area contributed by atoms with E-state index in [2.05, 4.69) is 10.6 Å². The standard InChI is InChI=1S/C14H19ClN2O.ClH/c15-13-5-3-11(4-6-13)7-8-17-14(18)10-16-9-12-1-2-12;/h3-6,12,16H,1-2,7-10H2,(H,17,18);1H. The Labute approximate surface area is 125 Å². The SMILES string of the molecule is Cl.O=C(CNCC1CC1)NCCc1ccc(Cl)cc1. The van der Waals surface area contributed by atoms with Crippen LogP contribution < -0.4 is 10.6 Å². The molecule has 0 aliphatic heterocycles. The van der Waals surface area contributed by atoms with E-state index in [9.17, 15) is 4.79 Å². The molecule has 1 fully saturated rings. The van der Waals surface area contributed by atoms with Gasteiger partial charge in [0.25, 0.3) is 0 Å². The van der Waals surface area contributed by atoms with E-state index in [1.54, 1.807) is 0 Å². The van der Waals surface area contributed by atoms with Crippen LogP contribution in [-0.2, 0) is 11.2 Å². The molecule has 0 atom stereocenters. The van der Waals surface area contributed by atoms with Crippen LogP contribution in [0.1, 0.15) is 18.4 Å². The summed E-state index contributed by atoms with van der Waals surface area (Å²) in [5.74, 6) is 0.886. The number of hydrogen-bond donors (Lipinski definition) is 2. The van der Waals surface area contributed by atoms with Crippen molar-refractivity contribution >= 4 is 29.9 Å². The first-order chi connectivity index (χ1) is 8.74. The van der Waals surface area contributed by atoms with E-state index in [4.69, 9.17) is 11.6 Å². The highest BCUT2D eigenvalue weighted by atomic mass is 35.5. The Kier molecular flexibility index (Phi) is 7.21. The highest BCUT2D eigenvalue weighted by molar-refractivity contribution is 6.30. The van der Waals surface area contributed by atoms with Crippen LogP contribution in [0.3, 0.4) is 0 Å². The lowest BCUT2D eigenvalue weighted by molar-refractivity contribution is -0.120. The van der Waals surface area contributed by atoms with E-state index in [0.29, 0.717) is 13.1 Å². The summed E-state index contributed by atoms with van der Waals surface area (Å²) in [6.45, 7) is 2.08. The highest BCUT2D eigenvalue weighted by Crippen LogP contribution is 2.27. The van der Waals surface area contributed by atoms with Crippen molar-refractivity contribution in [3.05, 3.63) is 34.9 Å². The third kappa shape index (κ3) is 6.81. The summed E-state index contributed by atoms with van der Waals surface area (Å²) < 4.78 is 0. The molecule has 5 heteroatoms. The average molecular weight is 303 g/mol. The zero-order valence-electron chi connectivity index (χ0n) is 10.8. The fraction of sp³-hybridized carbons (Fsp3) is 0.500. The van der Waals surface area contributed by atoms with E-state index in [0.717, 1.165) is 23.9 Å². The van der Waals surface area contributed by atoms with Gasteiger partial charge in [0, 0.05) is 11.6 Å². The second-order valence-corrected chi connectivity index (χ2v) is 5.24. The fourth-order valence-electron chi connectivity index (χ4n) is 1.77. The van der Waals surface area contributed by atoms with E-state index in [-0.39, 0.29) is 18.3 Å². The third-order valence-corrected chi connectivity index (χ3v) is 3.32. The van der Waals surface area contributed by atoms with Crippen LogP contribution in [0.4, 0.5) is 0 Å². The van der Waals surface area contributed by atoms with E-state index in [1.807, 2.05) is 24.3 Å². The minimum absolute atomic E-state index is 0. The van der Waals surface area contributed by atoms with Gasteiger partial charge in [0.1, 0.15) is 0 Å². The Morgan fingerprint density at radius 3 is 2.58 bits per heavy atom. The van der Waals surface area contributed by atoms with Gasteiger partial charge in [-0.25, -0.2) is 0 Å². The predicted octanol–water partition coefficient (Wildman–Crippen LogP) is 2.42. The van der Waals surface area contributed by atoms with Crippen molar-refractivity contribution < 1.29 is 4.79 Å². The van der Waals surface area contributed by atoms with Crippen molar-refractivity contribution in [1.82, 2.24) is 10.6 Å². The van der Waals surface area contributed by atoms with Gasteiger partial charge in [-0.3, -0.25) is 4.79 Å². The van der Waals surface area contributed by atoms with Gasteiger partial charge in [-0.2, -0.15) is 0 Å². The quantitative estimate of drug-likeness (QED) is 0.812. The van der Waals surface area contributed by atoms with Crippen molar-refractivity contribution in [2.75, 3.05) is 19.6 Å². The van der Waals surface area contributed by atoms with Crippen LogP contribution in [-0.4, -0.2) is 25.5 Å². The normalized spacial score (nSPS) is 13.7. The van der Waals surface area contributed by atoms with Gasteiger partial charge in [0.05, 0.1) is 6.54 Å². The van der Waals surface area contributed by atoms with E-state index < -0.39 is 0 Å². The van der Waals surface area contributed by atoms with Crippen LogP contribution in [0.15, 0.2) is 24.3 Å². The fourth-order valence-corrected chi connectivity index (χ4v) is 1.90. The lowest BCUT2D eigenvalue weighted by Crippen LogP contribution is -2.35. The van der Waals surface area contributed by atoms with Crippen LogP contribution in [0.5, 0.6) is 0 Å². The molecule has 1 aromatic carbocycles. The average Bonchev–Trinajstić information content (AvgIpc) is 3.16. The van der Waals surface area contributed by atoms with Crippen molar-refractivity contribution in [2.24, 2.45) is 5.92 Å². The van der Waals surface area contributed by atoms with Gasteiger partial charge in [0.2, 0.25) is 5.91 Å². The molecule has 0 spiro atoms. The van der Waals surface area contributed by atoms with Gasteiger partial charge >= 0.3 is 0 Å². The number of nitrogens with one attached hydrogen (secondary N) is 2. The second-order valence-electron chi connectivity index (χ2n) is 4.80. The number of benzene rings is 1. The first kappa shape index (κ1) is 16.3. The summed E-state index contributed by atoms with van der Waals surface area (Å²) in [5.41, 5.74) is 1.19. The Morgan fingerprint density at radius 1 is 1.26 bits per heavy atom. The maximum absolute atomic E-state index is 11.5. The topological polar surface area (TPSA) is 41.1 Å². The summed E-state index contributed by atoms with van der Waals surface area (Å²) in [5, 5.41) is 6.82. The molecule has 1 saturated carbocycles. The summed E-state index contributed by atoms with van der Waals surface area (Å²) in [6.07, 6.45) is 3.46. The molecular weight excluding hydrogens is 283 g/mol. The molecular formula is C14H20Cl2N2O. The van der Waals surface area contributed by atoms with Crippen molar-refractivity contribution in [3.8, 4) is 0 Å². The highest BCUT2D eigenvalue weighted by Gasteiger charge is 2.20. The smallest absolute Gasteiger partial charge is 0.233 e. The molecule has 0 aromatic heterocycles. The molecule has 0 saturated heterocycles. The molecule has 1 aliphatic carbocycles. The van der Waals surface area contributed by atoms with Crippen LogP contribution in [0.2, 0.25) is 5.02 Å². The summed E-state index contributed by atoms with van der Waals surface area (Å²) in [4.78, 5) is 11.5. The minimum Gasteiger partial charge on any atom is -0.355 e. The molecule has 2 rings (SSSR count). The first-order valence-electron chi connectivity index (χ1n) is 6.46. The number of carbonyl (C=O) groups excluding carboxylic acids is 1. The van der Waals surface area contributed by atoms with Crippen molar-refractivity contribution in [2.45, 2.75) is 19.3 Å². The van der Waals surface area contributed by atoms with Gasteiger partial charge in [-0.05, 0) is 49.4 Å². The van der Waals surface area contributed by atoms with Gasteiger partial charge in [-0.15, -0.1) is 12.4 Å². The second kappa shape index (κ2) is 8.41. The van der Waals surface area contributed by atoms with Crippen LogP contribution in [0.25, 0.3) is 0 Å². The van der Waals surface area contributed by atoms with E-state index in [1.165, 1.54) is 18.4 Å². The summed E-state index contributed by atoms with van der Waals surface area (Å²) in [7, 11) is 0. The molecule has 1 amide bonds. The molecule has 2 N–H and O–H groups in total. The monoisotopic (exact) mass is 302 g/mol. The van der Waals surface area contributed by atoms with Gasteiger partial charge < -0.3 is 10.6 Å². The molecule has 0 unspecified atom stereocenters. The zero-order valence-corrected chi connectivity index (χ0v) is 12.4. The first-order valence-corrected chi connectivity index (χ1v) is 6.83. The Bertz CT molecular complexity index is 391. The number of halogens is 2. The lowest BCUT2D eigenvalue weighted by atomic mass is 10.1. The van der Waals surface area contributed by atoms with Gasteiger partial charge in [0.15, 0.2) is 0 Å². The van der Waals surface area contributed by atoms with Gasteiger partial charge in [-0.1, -0.05) is 23.7 Å². The summed E-state index contributed by atoms with van der Waals surface area (Å²) >= 11 is 5.81. The molecule has 3 nitrogen and oxygen atoms in total. The van der Waals surface area contributed by atoms with Crippen molar-refractivity contribution in [1.29, 1.82) is 0 Å². The minimum atomic E-state index is 0. The lowest BCUT2D eigenvalue weighted by Gasteiger charge is -2.06. The Hall–Kier alpha value is -0.770. The molecule has 106 valence electrons. The maximum Gasteiger partial charge on any atom is 0.233 e. The molecule has 0 bridgehead atoms. The third-order valence-electron chi connectivity index (χ3n) is 3.06.